The molecule has 0 fully saturated rings. The van der Waals surface area contributed by atoms with Crippen LogP contribution in [-0.2, 0) is 7.05 Å². The van der Waals surface area contributed by atoms with Crippen LogP contribution in [0.25, 0.3) is 16.9 Å². The summed E-state index contributed by atoms with van der Waals surface area (Å²) in [5.41, 5.74) is 1.44. The Hall–Kier alpha value is -2.70. The van der Waals surface area contributed by atoms with Crippen LogP contribution >= 0.6 is 0 Å². The van der Waals surface area contributed by atoms with Crippen molar-refractivity contribution in [3.63, 3.8) is 0 Å². The van der Waals surface area contributed by atoms with Crippen LogP contribution in [0.1, 0.15) is 10.4 Å². The smallest absolute Gasteiger partial charge is 0.335 e. The van der Waals surface area contributed by atoms with Gasteiger partial charge in [-0.2, -0.15) is 9.78 Å². The van der Waals surface area contributed by atoms with Gasteiger partial charge in [0, 0.05) is 19.3 Å². The molecule has 3 rings (SSSR count). The lowest BCUT2D eigenvalue weighted by molar-refractivity contribution is 0.0697. The number of rotatable bonds is 2. The molecule has 3 aromatic rings. The first kappa shape index (κ1) is 10.5. The highest BCUT2D eigenvalue weighted by Crippen LogP contribution is 2.16. The molecule has 2 aromatic heterocycles. The van der Waals surface area contributed by atoms with E-state index in [9.17, 15) is 4.79 Å². The van der Waals surface area contributed by atoms with E-state index in [0.717, 1.165) is 5.52 Å². The molecule has 0 bridgehead atoms. The summed E-state index contributed by atoms with van der Waals surface area (Å²) >= 11 is 0. The summed E-state index contributed by atoms with van der Waals surface area (Å²) < 4.78 is 3.23. The van der Waals surface area contributed by atoms with Gasteiger partial charge in [-0.05, 0) is 18.2 Å². The van der Waals surface area contributed by atoms with Crippen molar-refractivity contribution in [2.75, 3.05) is 0 Å². The van der Waals surface area contributed by atoms with Gasteiger partial charge in [0.1, 0.15) is 5.52 Å². The first-order chi connectivity index (χ1) is 8.65. The molecule has 1 aromatic carbocycles. The Morgan fingerprint density at radius 1 is 1.33 bits per heavy atom. The van der Waals surface area contributed by atoms with Crippen molar-refractivity contribution in [2.24, 2.45) is 7.05 Å². The Morgan fingerprint density at radius 3 is 2.83 bits per heavy atom. The van der Waals surface area contributed by atoms with Crippen molar-refractivity contribution in [3.8, 4) is 5.82 Å². The predicted octanol–water partition coefficient (Wildman–Crippen LogP) is 0.852. The monoisotopic (exact) mass is 243 g/mol. The van der Waals surface area contributed by atoms with Gasteiger partial charge in [0.05, 0.1) is 11.1 Å². The standard InChI is InChI=1S/C11H9N5O2/c1-15-5-4-10(13-15)16-9-3-2-7(11(17)18)6-8(9)12-14-16/h2-6H,1H3,(H,17,18). The highest BCUT2D eigenvalue weighted by molar-refractivity contribution is 5.92. The zero-order chi connectivity index (χ0) is 12.7. The van der Waals surface area contributed by atoms with Crippen molar-refractivity contribution in [3.05, 3.63) is 36.0 Å². The Kier molecular flexibility index (Phi) is 2.12. The van der Waals surface area contributed by atoms with Gasteiger partial charge in [-0.3, -0.25) is 4.68 Å². The van der Waals surface area contributed by atoms with Gasteiger partial charge in [0.15, 0.2) is 5.82 Å². The van der Waals surface area contributed by atoms with Gasteiger partial charge in [0.25, 0.3) is 0 Å². The van der Waals surface area contributed by atoms with Crippen molar-refractivity contribution in [1.82, 2.24) is 24.8 Å². The fraction of sp³-hybridized carbons (Fsp3) is 0.0909. The molecule has 0 aliphatic heterocycles. The fourth-order valence-corrected chi connectivity index (χ4v) is 1.74. The van der Waals surface area contributed by atoms with Crippen LogP contribution in [0.5, 0.6) is 0 Å². The van der Waals surface area contributed by atoms with Crippen molar-refractivity contribution < 1.29 is 9.90 Å². The third kappa shape index (κ3) is 1.53. The molecule has 2 heterocycles. The largest absolute Gasteiger partial charge is 0.478 e. The maximum Gasteiger partial charge on any atom is 0.335 e. The number of hydrogen-bond acceptors (Lipinski definition) is 4. The predicted molar refractivity (Wildman–Crippen MR) is 62.6 cm³/mol. The molecule has 0 amide bonds. The number of carboxylic acid groups (broad SMARTS) is 1. The van der Waals surface area contributed by atoms with Crippen LogP contribution < -0.4 is 0 Å². The minimum absolute atomic E-state index is 0.190. The fourth-order valence-electron chi connectivity index (χ4n) is 1.74. The molecule has 0 unspecified atom stereocenters. The highest BCUT2D eigenvalue weighted by Gasteiger charge is 2.11. The molecule has 0 spiro atoms. The van der Waals surface area contributed by atoms with Crippen LogP contribution in [0.3, 0.4) is 0 Å². The number of benzene rings is 1. The first-order valence-corrected chi connectivity index (χ1v) is 5.24. The van der Waals surface area contributed by atoms with E-state index >= 15 is 0 Å². The van der Waals surface area contributed by atoms with E-state index in [4.69, 9.17) is 5.11 Å². The topological polar surface area (TPSA) is 85.8 Å². The molecule has 0 aliphatic carbocycles. The van der Waals surface area contributed by atoms with E-state index in [1.165, 1.54) is 12.1 Å². The quantitative estimate of drug-likeness (QED) is 0.721. The van der Waals surface area contributed by atoms with Crippen LogP contribution in [0.2, 0.25) is 0 Å². The van der Waals surface area contributed by atoms with E-state index in [-0.39, 0.29) is 5.56 Å². The minimum Gasteiger partial charge on any atom is -0.478 e. The molecule has 0 saturated carbocycles. The number of aryl methyl sites for hydroxylation is 1. The molecule has 18 heavy (non-hydrogen) atoms. The molecule has 90 valence electrons. The van der Waals surface area contributed by atoms with E-state index in [1.807, 2.05) is 7.05 Å². The molecule has 0 aliphatic rings. The number of nitrogens with zero attached hydrogens (tertiary/aromatic N) is 5. The van der Waals surface area contributed by atoms with Gasteiger partial charge < -0.3 is 5.11 Å². The first-order valence-electron chi connectivity index (χ1n) is 5.24. The third-order valence-corrected chi connectivity index (χ3v) is 2.61. The molecule has 0 atom stereocenters. The SMILES string of the molecule is Cn1ccc(-n2nnc3cc(C(=O)O)ccc32)n1. The molecular formula is C11H9N5O2. The van der Waals surface area contributed by atoms with Crippen LogP contribution in [-0.4, -0.2) is 35.9 Å². The van der Waals surface area contributed by atoms with Gasteiger partial charge in [0.2, 0.25) is 0 Å². The Balaban J connectivity index is 2.18. The maximum absolute atomic E-state index is 10.9. The lowest BCUT2D eigenvalue weighted by Gasteiger charge is -1.97. The van der Waals surface area contributed by atoms with E-state index in [1.54, 1.807) is 27.7 Å². The Bertz CT molecular complexity index is 743. The minimum atomic E-state index is -0.982. The summed E-state index contributed by atoms with van der Waals surface area (Å²) in [6, 6.07) is 6.49. The molecule has 0 saturated heterocycles. The summed E-state index contributed by atoms with van der Waals surface area (Å²) in [5, 5.41) is 21.0. The second kappa shape index (κ2) is 3.66. The summed E-state index contributed by atoms with van der Waals surface area (Å²) in [6.45, 7) is 0. The molecule has 7 heteroatoms. The summed E-state index contributed by atoms with van der Waals surface area (Å²) in [5.74, 6) is -0.340. The molecule has 0 radical (unpaired) electrons. The zero-order valence-electron chi connectivity index (χ0n) is 9.48. The van der Waals surface area contributed by atoms with Gasteiger partial charge >= 0.3 is 5.97 Å². The number of aromatic carboxylic acids is 1. The van der Waals surface area contributed by atoms with Crippen LogP contribution in [0.4, 0.5) is 0 Å². The average molecular weight is 243 g/mol. The summed E-state index contributed by atoms with van der Waals surface area (Å²) in [4.78, 5) is 10.9. The molecule has 1 N–H and O–H groups in total. The normalized spacial score (nSPS) is 10.9. The van der Waals surface area contributed by atoms with Gasteiger partial charge in [-0.1, -0.05) is 5.21 Å². The Labute approximate surface area is 101 Å². The second-order valence-electron chi connectivity index (χ2n) is 3.86. The number of carbonyl (C=O) groups is 1. The van der Waals surface area contributed by atoms with Crippen LogP contribution in [0, 0.1) is 0 Å². The van der Waals surface area contributed by atoms with E-state index in [0.29, 0.717) is 11.3 Å². The van der Waals surface area contributed by atoms with Crippen LogP contribution in [0.15, 0.2) is 30.5 Å². The number of carboxylic acids is 1. The second-order valence-corrected chi connectivity index (χ2v) is 3.86. The van der Waals surface area contributed by atoms with Crippen molar-refractivity contribution >= 4 is 17.0 Å². The van der Waals surface area contributed by atoms with Gasteiger partial charge in [-0.15, -0.1) is 5.10 Å². The lowest BCUT2D eigenvalue weighted by Crippen LogP contribution is -1.99. The van der Waals surface area contributed by atoms with Gasteiger partial charge in [-0.25, -0.2) is 4.79 Å². The Morgan fingerprint density at radius 2 is 2.17 bits per heavy atom. The van der Waals surface area contributed by atoms with E-state index < -0.39 is 5.97 Å². The van der Waals surface area contributed by atoms with Crippen molar-refractivity contribution in [2.45, 2.75) is 0 Å². The maximum atomic E-state index is 10.9. The molecule has 7 nitrogen and oxygen atoms in total. The summed E-state index contributed by atoms with van der Waals surface area (Å²) in [6.07, 6.45) is 1.80. The number of aromatic nitrogens is 5. The lowest BCUT2D eigenvalue weighted by atomic mass is 10.2. The van der Waals surface area contributed by atoms with Crippen molar-refractivity contribution in [1.29, 1.82) is 0 Å². The molecular weight excluding hydrogens is 234 g/mol. The average Bonchev–Trinajstić information content (AvgIpc) is 2.93. The summed E-state index contributed by atoms with van der Waals surface area (Å²) in [7, 11) is 1.81. The third-order valence-electron chi connectivity index (χ3n) is 2.61. The highest BCUT2D eigenvalue weighted by atomic mass is 16.4. The zero-order valence-corrected chi connectivity index (χ0v) is 9.48. The van der Waals surface area contributed by atoms with E-state index in [2.05, 4.69) is 15.4 Å². The number of fused-ring (bicyclic) bond motifs is 1. The number of hydrogen-bond donors (Lipinski definition) is 1.